The molecule has 0 spiro atoms. The van der Waals surface area contributed by atoms with Gasteiger partial charge in [0.05, 0.1) is 29.2 Å². The number of carbonyl (C=O) groups is 1. The number of amides is 1. The maximum absolute atomic E-state index is 13.0. The molecule has 3 aromatic rings. The van der Waals surface area contributed by atoms with Gasteiger partial charge in [-0.05, 0) is 25.1 Å². The van der Waals surface area contributed by atoms with Crippen LogP contribution in [0.3, 0.4) is 0 Å². The van der Waals surface area contributed by atoms with Gasteiger partial charge in [0.15, 0.2) is 11.6 Å². The molecule has 2 aromatic heterocycles. The third kappa shape index (κ3) is 5.80. The monoisotopic (exact) mass is 457 g/mol. The zero-order chi connectivity index (χ0) is 23.5. The summed E-state index contributed by atoms with van der Waals surface area (Å²) in [5, 5.41) is 3.79. The van der Waals surface area contributed by atoms with Crippen LogP contribution in [-0.4, -0.2) is 30.6 Å². The molecule has 0 atom stereocenters. The van der Waals surface area contributed by atoms with Gasteiger partial charge in [-0.1, -0.05) is 0 Å². The van der Waals surface area contributed by atoms with E-state index in [9.17, 15) is 31.1 Å². The van der Waals surface area contributed by atoms with Crippen LogP contribution in [0.25, 0.3) is 17.6 Å². The lowest BCUT2D eigenvalue weighted by atomic mass is 10.0. The van der Waals surface area contributed by atoms with E-state index in [1.54, 1.807) is 6.92 Å². The van der Waals surface area contributed by atoms with Gasteiger partial charge in [0.2, 0.25) is 0 Å². The lowest BCUT2D eigenvalue weighted by molar-refractivity contribution is -0.143. The third-order valence-corrected chi connectivity index (χ3v) is 3.83. The number of nitrogens with zero attached hydrogens (tertiary/aromatic N) is 5. The minimum absolute atomic E-state index is 0.0101. The number of hydrogen-bond acceptors (Lipinski definition) is 6. The van der Waals surface area contributed by atoms with E-state index in [0.29, 0.717) is 17.8 Å². The van der Waals surface area contributed by atoms with Gasteiger partial charge in [0.1, 0.15) is 6.33 Å². The highest BCUT2D eigenvalue weighted by Crippen LogP contribution is 2.38. The quantitative estimate of drug-likeness (QED) is 0.345. The Morgan fingerprint density at radius 2 is 1.62 bits per heavy atom. The molecule has 1 aromatic carbocycles. The van der Waals surface area contributed by atoms with Crippen molar-refractivity contribution in [2.45, 2.75) is 19.3 Å². The Kier molecular flexibility index (Phi) is 6.13. The highest BCUT2D eigenvalue weighted by atomic mass is 19.4. The van der Waals surface area contributed by atoms with Gasteiger partial charge in [0.25, 0.3) is 5.91 Å². The summed E-state index contributed by atoms with van der Waals surface area (Å²) in [4.78, 5) is 23.5. The number of hydrazine groups is 1. The van der Waals surface area contributed by atoms with Crippen LogP contribution >= 0.6 is 0 Å². The second kappa shape index (κ2) is 8.64. The minimum atomic E-state index is -4.99. The number of rotatable bonds is 5. The highest BCUT2D eigenvalue weighted by Gasteiger charge is 2.37. The number of carbonyl (C=O) groups excluding carboxylic acids is 1. The average molecular weight is 457 g/mol. The fraction of sp³-hybridized carbons (Fsp3) is 0.167. The number of anilines is 1. The van der Waals surface area contributed by atoms with E-state index >= 15 is 0 Å². The van der Waals surface area contributed by atoms with Crippen molar-refractivity contribution in [3.63, 3.8) is 0 Å². The first kappa shape index (κ1) is 22.7. The summed E-state index contributed by atoms with van der Waals surface area (Å²) in [6.07, 6.45) is -4.01. The van der Waals surface area contributed by atoms with Crippen LogP contribution in [0, 0.1) is 6.92 Å². The Morgan fingerprint density at radius 1 is 0.969 bits per heavy atom. The van der Waals surface area contributed by atoms with Crippen molar-refractivity contribution in [3.8, 4) is 11.4 Å². The first-order valence-corrected chi connectivity index (χ1v) is 8.65. The number of aromatic nitrogens is 5. The first-order chi connectivity index (χ1) is 14.9. The van der Waals surface area contributed by atoms with Crippen LogP contribution in [-0.2, 0) is 17.1 Å². The van der Waals surface area contributed by atoms with Gasteiger partial charge >= 0.3 is 12.4 Å². The second-order valence-corrected chi connectivity index (χ2v) is 6.32. The first-order valence-electron chi connectivity index (χ1n) is 8.65. The van der Waals surface area contributed by atoms with Gasteiger partial charge in [-0.15, -0.1) is 5.10 Å². The summed E-state index contributed by atoms with van der Waals surface area (Å²) < 4.78 is 78.9. The van der Waals surface area contributed by atoms with Gasteiger partial charge in [-0.25, -0.2) is 14.6 Å². The van der Waals surface area contributed by atoms with E-state index < -0.39 is 35.0 Å². The summed E-state index contributed by atoms with van der Waals surface area (Å²) in [6, 6.07) is 1.03. The van der Waals surface area contributed by atoms with Gasteiger partial charge in [-0.3, -0.25) is 20.6 Å². The zero-order valence-electron chi connectivity index (χ0n) is 16.0. The van der Waals surface area contributed by atoms with Crippen molar-refractivity contribution in [2.75, 3.05) is 5.43 Å². The Labute approximate surface area is 176 Å². The van der Waals surface area contributed by atoms with Crippen molar-refractivity contribution in [1.29, 1.82) is 0 Å². The van der Waals surface area contributed by atoms with Crippen LogP contribution in [0.1, 0.15) is 16.8 Å². The van der Waals surface area contributed by atoms with Crippen molar-refractivity contribution in [1.82, 2.24) is 30.2 Å². The standard InChI is InChI=1S/C18H13F6N7O/c1-10-7-26-14(8-25-10)28-29-15(32)2-3-31-9-27-16(30-31)11-4-12(17(19,20)21)6-13(5-11)18(22,23)24/h2-9H,1H3,(H,26,28)(H,29,32)/b3-2-. The predicted octanol–water partition coefficient (Wildman–Crippen LogP) is 3.70. The Morgan fingerprint density at radius 3 is 2.19 bits per heavy atom. The SMILES string of the molecule is Cc1cnc(NNC(=O)/C=C\n2cnc(-c3cc(C(F)(F)F)cc(C(F)(F)F)c3)n2)cn1. The lowest BCUT2D eigenvalue weighted by Gasteiger charge is -2.13. The smallest absolute Gasteiger partial charge is 0.280 e. The Balaban J connectivity index is 1.74. The number of hydrogen-bond donors (Lipinski definition) is 2. The molecule has 0 bridgehead atoms. The van der Waals surface area contributed by atoms with E-state index in [1.807, 2.05) is 0 Å². The molecule has 0 unspecified atom stereocenters. The van der Waals surface area contributed by atoms with Crippen molar-refractivity contribution >= 4 is 17.9 Å². The van der Waals surface area contributed by atoms with Gasteiger partial charge in [0, 0.05) is 17.8 Å². The summed E-state index contributed by atoms with van der Waals surface area (Å²) in [5.41, 5.74) is 2.00. The molecule has 3 rings (SSSR count). The highest BCUT2D eigenvalue weighted by molar-refractivity contribution is 5.90. The number of nitrogens with one attached hydrogen (secondary N) is 2. The number of benzene rings is 1. The van der Waals surface area contributed by atoms with Crippen LogP contribution in [0.2, 0.25) is 0 Å². The number of alkyl halides is 6. The predicted molar refractivity (Wildman–Crippen MR) is 99.3 cm³/mol. The molecule has 32 heavy (non-hydrogen) atoms. The molecular formula is C18H13F6N7O. The number of aryl methyl sites for hydroxylation is 1. The molecule has 0 fully saturated rings. The normalized spacial score (nSPS) is 12.2. The van der Waals surface area contributed by atoms with Crippen LogP contribution in [0.4, 0.5) is 32.2 Å². The van der Waals surface area contributed by atoms with Crippen LogP contribution in [0.5, 0.6) is 0 Å². The molecule has 168 valence electrons. The van der Waals surface area contributed by atoms with Crippen molar-refractivity contribution in [3.05, 3.63) is 59.8 Å². The molecule has 0 aliphatic carbocycles. The van der Waals surface area contributed by atoms with Gasteiger partial charge in [-0.2, -0.15) is 26.3 Å². The third-order valence-electron chi connectivity index (χ3n) is 3.83. The summed E-state index contributed by atoms with van der Waals surface area (Å²) in [7, 11) is 0. The molecule has 1 amide bonds. The molecule has 0 saturated carbocycles. The fourth-order valence-corrected chi connectivity index (χ4v) is 2.33. The maximum atomic E-state index is 13.0. The molecule has 2 heterocycles. The van der Waals surface area contributed by atoms with Crippen molar-refractivity contribution in [2.24, 2.45) is 0 Å². The van der Waals surface area contributed by atoms with E-state index in [2.05, 4.69) is 30.9 Å². The molecule has 0 aliphatic rings. The summed E-state index contributed by atoms with van der Waals surface area (Å²) in [6.45, 7) is 1.73. The van der Waals surface area contributed by atoms with Crippen LogP contribution in [0.15, 0.2) is 43.0 Å². The molecule has 8 nitrogen and oxygen atoms in total. The molecule has 2 N–H and O–H groups in total. The summed E-state index contributed by atoms with van der Waals surface area (Å²) in [5.74, 6) is -0.770. The molecule has 0 saturated heterocycles. The topological polar surface area (TPSA) is 97.6 Å². The number of halogens is 6. The van der Waals surface area contributed by atoms with Gasteiger partial charge < -0.3 is 0 Å². The molecule has 14 heteroatoms. The van der Waals surface area contributed by atoms with Crippen LogP contribution < -0.4 is 10.9 Å². The zero-order valence-corrected chi connectivity index (χ0v) is 16.0. The second-order valence-electron chi connectivity index (χ2n) is 6.32. The van der Waals surface area contributed by atoms with E-state index in [0.717, 1.165) is 23.3 Å². The largest absolute Gasteiger partial charge is 0.416 e. The van der Waals surface area contributed by atoms with Crippen molar-refractivity contribution < 1.29 is 31.1 Å². The van der Waals surface area contributed by atoms with E-state index in [1.165, 1.54) is 12.4 Å². The van der Waals surface area contributed by atoms with E-state index in [-0.39, 0.29) is 17.7 Å². The summed E-state index contributed by atoms with van der Waals surface area (Å²) >= 11 is 0. The lowest BCUT2D eigenvalue weighted by Crippen LogP contribution is -2.28. The molecule has 0 radical (unpaired) electrons. The fourth-order valence-electron chi connectivity index (χ4n) is 2.33. The maximum Gasteiger partial charge on any atom is 0.416 e. The molecular weight excluding hydrogens is 444 g/mol. The Hall–Kier alpha value is -3.97. The van der Waals surface area contributed by atoms with E-state index in [4.69, 9.17) is 0 Å². The Bertz CT molecular complexity index is 1100. The minimum Gasteiger partial charge on any atom is -0.280 e. The average Bonchev–Trinajstić information content (AvgIpc) is 3.19. The molecule has 0 aliphatic heterocycles.